The summed E-state index contributed by atoms with van der Waals surface area (Å²) in [6.07, 6.45) is 6.71. The highest BCUT2D eigenvalue weighted by Gasteiger charge is 2.40. The first-order valence-electron chi connectivity index (χ1n) is 8.63. The molecule has 2 aliphatic carbocycles. The lowest BCUT2D eigenvalue weighted by atomic mass is 9.95. The summed E-state index contributed by atoms with van der Waals surface area (Å²) in [6.45, 7) is 2.77. The Morgan fingerprint density at radius 2 is 2.33 bits per heavy atom. The van der Waals surface area contributed by atoms with E-state index < -0.39 is 0 Å². The number of aromatic nitrogens is 3. The van der Waals surface area contributed by atoms with Crippen molar-refractivity contribution in [2.75, 3.05) is 5.75 Å². The van der Waals surface area contributed by atoms with Crippen molar-refractivity contribution in [3.05, 3.63) is 18.4 Å². The van der Waals surface area contributed by atoms with Crippen LogP contribution in [0, 0.1) is 11.8 Å². The number of amides is 1. The Morgan fingerprint density at radius 3 is 3.00 bits per heavy atom. The smallest absolute Gasteiger partial charge is 0.230 e. The van der Waals surface area contributed by atoms with Crippen LogP contribution in [-0.2, 0) is 11.3 Å². The van der Waals surface area contributed by atoms with Crippen LogP contribution >= 0.6 is 11.8 Å². The molecule has 1 amide bonds. The zero-order valence-electron chi connectivity index (χ0n) is 13.8. The van der Waals surface area contributed by atoms with Crippen LogP contribution in [0.1, 0.15) is 32.6 Å². The zero-order valence-corrected chi connectivity index (χ0v) is 14.6. The Kier molecular flexibility index (Phi) is 4.35. The summed E-state index contributed by atoms with van der Waals surface area (Å²) >= 11 is 1.44. The van der Waals surface area contributed by atoms with E-state index >= 15 is 0 Å². The molecule has 2 saturated carbocycles. The number of carbonyl (C=O) groups excluding carboxylic acids is 1. The largest absolute Gasteiger partial charge is 0.461 e. The highest BCUT2D eigenvalue weighted by Crippen LogP contribution is 2.44. The van der Waals surface area contributed by atoms with Crippen molar-refractivity contribution >= 4 is 17.7 Å². The van der Waals surface area contributed by atoms with Crippen molar-refractivity contribution < 1.29 is 9.21 Å². The molecule has 1 N–H and O–H groups in total. The van der Waals surface area contributed by atoms with Gasteiger partial charge < -0.3 is 9.73 Å². The van der Waals surface area contributed by atoms with Crippen molar-refractivity contribution in [1.82, 2.24) is 20.1 Å². The lowest BCUT2D eigenvalue weighted by molar-refractivity contribution is -0.119. The molecule has 0 aliphatic heterocycles. The van der Waals surface area contributed by atoms with Crippen molar-refractivity contribution in [3.63, 3.8) is 0 Å². The van der Waals surface area contributed by atoms with E-state index in [1.54, 1.807) is 6.26 Å². The third-order valence-corrected chi connectivity index (χ3v) is 6.16. The molecule has 2 aromatic heterocycles. The summed E-state index contributed by atoms with van der Waals surface area (Å²) in [5.41, 5.74) is 0. The first kappa shape index (κ1) is 15.7. The monoisotopic (exact) mass is 346 g/mol. The average molecular weight is 346 g/mol. The maximum absolute atomic E-state index is 12.3. The summed E-state index contributed by atoms with van der Waals surface area (Å²) in [7, 11) is 0. The number of thioether (sulfide) groups is 1. The topological polar surface area (TPSA) is 73.0 Å². The van der Waals surface area contributed by atoms with E-state index in [-0.39, 0.29) is 5.91 Å². The van der Waals surface area contributed by atoms with E-state index in [4.69, 9.17) is 4.42 Å². The molecule has 0 aromatic carbocycles. The van der Waals surface area contributed by atoms with Crippen LogP contribution in [0.4, 0.5) is 0 Å². The molecular formula is C17H22N4O2S. The van der Waals surface area contributed by atoms with Gasteiger partial charge in [0.25, 0.3) is 0 Å². The fourth-order valence-corrected chi connectivity index (χ4v) is 4.88. The van der Waals surface area contributed by atoms with Crippen molar-refractivity contribution in [1.29, 1.82) is 0 Å². The standard InChI is InChI=1S/C17H22N4O2S/c1-2-21-16(14-4-3-7-23-14)19-20-17(21)24-10-15(22)18-13-9-11-5-6-12(13)8-11/h3-4,7,11-13H,2,5-6,8-10H2,1H3,(H,18,22)/t11-,12-,13+/m0/s1. The van der Waals surface area contributed by atoms with Gasteiger partial charge in [0.2, 0.25) is 5.91 Å². The third-order valence-electron chi connectivity index (χ3n) is 5.19. The molecule has 0 saturated heterocycles. The second-order valence-corrected chi connectivity index (χ2v) is 7.61. The van der Waals surface area contributed by atoms with Crippen LogP contribution < -0.4 is 5.32 Å². The third kappa shape index (κ3) is 2.97. The van der Waals surface area contributed by atoms with Crippen LogP contribution in [0.25, 0.3) is 11.6 Å². The van der Waals surface area contributed by atoms with E-state index in [0.29, 0.717) is 29.3 Å². The van der Waals surface area contributed by atoms with E-state index in [0.717, 1.165) is 24.0 Å². The predicted molar refractivity (Wildman–Crippen MR) is 91.5 cm³/mol. The number of nitrogens with zero attached hydrogens (tertiary/aromatic N) is 3. The van der Waals surface area contributed by atoms with Gasteiger partial charge in [-0.3, -0.25) is 9.36 Å². The average Bonchev–Trinajstić information content (AvgIpc) is 3.34. The Hall–Kier alpha value is -1.76. The summed E-state index contributed by atoms with van der Waals surface area (Å²) in [6, 6.07) is 4.09. The number of hydrogen-bond donors (Lipinski definition) is 1. The molecule has 128 valence electrons. The Labute approximate surface area is 145 Å². The number of nitrogens with one attached hydrogen (secondary N) is 1. The summed E-state index contributed by atoms with van der Waals surface area (Å²) in [5.74, 6) is 3.43. The fourth-order valence-electron chi connectivity index (χ4n) is 4.07. The fraction of sp³-hybridized carbons (Fsp3) is 0.588. The van der Waals surface area contributed by atoms with Gasteiger partial charge >= 0.3 is 0 Å². The number of hydrogen-bond acceptors (Lipinski definition) is 5. The number of rotatable bonds is 6. The van der Waals surface area contributed by atoms with Crippen molar-refractivity contribution in [2.24, 2.45) is 11.8 Å². The predicted octanol–water partition coefficient (Wildman–Crippen LogP) is 2.95. The normalized spacial score (nSPS) is 25.3. The van der Waals surface area contributed by atoms with Crippen LogP contribution in [0.3, 0.4) is 0 Å². The second kappa shape index (κ2) is 6.63. The lowest BCUT2D eigenvalue weighted by Gasteiger charge is -2.22. The van der Waals surface area contributed by atoms with Crippen molar-refractivity contribution in [2.45, 2.75) is 50.4 Å². The summed E-state index contributed by atoms with van der Waals surface area (Å²) in [5, 5.41) is 12.4. The summed E-state index contributed by atoms with van der Waals surface area (Å²) in [4.78, 5) is 12.3. The molecule has 4 rings (SSSR count). The van der Waals surface area contributed by atoms with Gasteiger partial charge in [-0.05, 0) is 50.2 Å². The maximum atomic E-state index is 12.3. The highest BCUT2D eigenvalue weighted by atomic mass is 32.2. The molecule has 0 unspecified atom stereocenters. The first-order valence-corrected chi connectivity index (χ1v) is 9.62. The maximum Gasteiger partial charge on any atom is 0.230 e. The minimum Gasteiger partial charge on any atom is -0.461 e. The minimum atomic E-state index is 0.0998. The van der Waals surface area contributed by atoms with E-state index in [1.165, 1.54) is 31.0 Å². The van der Waals surface area contributed by atoms with Crippen LogP contribution in [-0.4, -0.2) is 32.5 Å². The molecule has 2 aromatic rings. The van der Waals surface area contributed by atoms with Gasteiger partial charge in [-0.1, -0.05) is 18.2 Å². The van der Waals surface area contributed by atoms with Gasteiger partial charge in [-0.15, -0.1) is 10.2 Å². The first-order chi connectivity index (χ1) is 11.7. The van der Waals surface area contributed by atoms with Gasteiger partial charge in [-0.2, -0.15) is 0 Å². The minimum absolute atomic E-state index is 0.0998. The molecule has 7 heteroatoms. The summed E-state index contributed by atoms with van der Waals surface area (Å²) < 4.78 is 7.39. The quantitative estimate of drug-likeness (QED) is 0.814. The Balaban J connectivity index is 1.36. The molecular weight excluding hydrogens is 324 g/mol. The highest BCUT2D eigenvalue weighted by molar-refractivity contribution is 7.99. The molecule has 2 heterocycles. The van der Waals surface area contributed by atoms with E-state index in [9.17, 15) is 4.79 Å². The molecule has 0 radical (unpaired) electrons. The zero-order chi connectivity index (χ0) is 16.5. The van der Waals surface area contributed by atoms with Crippen LogP contribution in [0.5, 0.6) is 0 Å². The number of fused-ring (bicyclic) bond motifs is 2. The molecule has 0 spiro atoms. The number of carbonyl (C=O) groups is 1. The van der Waals surface area contributed by atoms with Crippen LogP contribution in [0.2, 0.25) is 0 Å². The molecule has 24 heavy (non-hydrogen) atoms. The Morgan fingerprint density at radius 1 is 1.42 bits per heavy atom. The SMILES string of the molecule is CCn1c(SCC(=O)N[C@@H]2C[C@H]3CC[C@H]2C3)nnc1-c1ccco1. The van der Waals surface area contributed by atoms with E-state index in [2.05, 4.69) is 15.5 Å². The van der Waals surface area contributed by atoms with Gasteiger partial charge in [0.15, 0.2) is 16.7 Å². The van der Waals surface area contributed by atoms with Gasteiger partial charge in [-0.25, -0.2) is 0 Å². The number of furan rings is 1. The van der Waals surface area contributed by atoms with Gasteiger partial charge in [0.05, 0.1) is 12.0 Å². The molecule has 6 nitrogen and oxygen atoms in total. The molecule has 3 atom stereocenters. The Bertz CT molecular complexity index is 712. The molecule has 2 aliphatic rings. The van der Waals surface area contributed by atoms with Gasteiger partial charge in [0.1, 0.15) is 0 Å². The van der Waals surface area contributed by atoms with E-state index in [1.807, 2.05) is 23.6 Å². The van der Waals surface area contributed by atoms with Crippen molar-refractivity contribution in [3.8, 4) is 11.6 Å². The molecule has 2 bridgehead atoms. The lowest BCUT2D eigenvalue weighted by Crippen LogP contribution is -2.39. The van der Waals surface area contributed by atoms with Gasteiger partial charge in [0, 0.05) is 12.6 Å². The second-order valence-electron chi connectivity index (χ2n) is 6.67. The van der Waals surface area contributed by atoms with Crippen LogP contribution in [0.15, 0.2) is 28.0 Å². The molecule has 2 fully saturated rings.